The summed E-state index contributed by atoms with van der Waals surface area (Å²) >= 11 is 0. The number of nitrogens with one attached hydrogen (secondary N) is 2. The lowest BCUT2D eigenvalue weighted by Gasteiger charge is -2.34. The molecule has 0 spiro atoms. The van der Waals surface area contributed by atoms with E-state index in [0.717, 1.165) is 45.7 Å². The molecule has 1 atom stereocenters. The fraction of sp³-hybridized carbons (Fsp3) is 0.481. The van der Waals surface area contributed by atoms with Crippen molar-refractivity contribution in [1.82, 2.24) is 20.4 Å². The molecule has 0 aliphatic carbocycles. The van der Waals surface area contributed by atoms with E-state index < -0.39 is 6.04 Å². The van der Waals surface area contributed by atoms with E-state index in [1.807, 2.05) is 13.8 Å². The second-order valence-electron chi connectivity index (χ2n) is 9.17. The van der Waals surface area contributed by atoms with Gasteiger partial charge in [0.25, 0.3) is 5.91 Å². The molecule has 7 heteroatoms. The van der Waals surface area contributed by atoms with Crippen molar-refractivity contribution in [3.8, 4) is 5.75 Å². The van der Waals surface area contributed by atoms with Crippen molar-refractivity contribution in [1.29, 1.82) is 0 Å². The van der Waals surface area contributed by atoms with Crippen LogP contribution in [0.2, 0.25) is 0 Å². The van der Waals surface area contributed by atoms with Crippen LogP contribution in [0, 0.1) is 5.92 Å². The Morgan fingerprint density at radius 2 is 1.59 bits per heavy atom. The molecule has 1 heterocycles. The van der Waals surface area contributed by atoms with Gasteiger partial charge < -0.3 is 20.3 Å². The Morgan fingerprint density at radius 3 is 2.21 bits per heavy atom. The van der Waals surface area contributed by atoms with Gasteiger partial charge in [0.15, 0.2) is 0 Å². The molecule has 1 unspecified atom stereocenters. The van der Waals surface area contributed by atoms with Crippen molar-refractivity contribution < 1.29 is 14.3 Å². The Morgan fingerprint density at radius 1 is 0.941 bits per heavy atom. The third kappa shape index (κ3) is 7.85. The zero-order valence-electron chi connectivity index (χ0n) is 20.6. The largest absolute Gasteiger partial charge is 0.497 e. The van der Waals surface area contributed by atoms with Crippen molar-refractivity contribution in [3.05, 3.63) is 65.7 Å². The summed E-state index contributed by atoms with van der Waals surface area (Å²) < 4.78 is 5.13. The van der Waals surface area contributed by atoms with E-state index in [0.29, 0.717) is 17.9 Å². The van der Waals surface area contributed by atoms with Crippen LogP contribution in [-0.4, -0.2) is 74.0 Å². The molecule has 3 rings (SSSR count). The van der Waals surface area contributed by atoms with Gasteiger partial charge in [-0.2, -0.15) is 0 Å². The maximum atomic E-state index is 12.8. The second kappa shape index (κ2) is 13.1. The Labute approximate surface area is 203 Å². The van der Waals surface area contributed by atoms with Crippen molar-refractivity contribution in [2.24, 2.45) is 5.92 Å². The van der Waals surface area contributed by atoms with E-state index >= 15 is 0 Å². The van der Waals surface area contributed by atoms with E-state index in [2.05, 4.69) is 50.8 Å². The van der Waals surface area contributed by atoms with Crippen LogP contribution in [-0.2, 0) is 11.3 Å². The Bertz CT molecular complexity index is 894. The summed E-state index contributed by atoms with van der Waals surface area (Å²) in [6.45, 7) is 10.7. The maximum absolute atomic E-state index is 12.8. The molecule has 1 saturated heterocycles. The molecule has 34 heavy (non-hydrogen) atoms. The molecule has 2 N–H and O–H groups in total. The number of ether oxygens (including phenoxy) is 1. The SMILES string of the molecule is COc1ccc(C(=O)NC(C(=O)NCCCN2CCN(Cc3ccccc3)CC2)C(C)C)cc1. The minimum absolute atomic E-state index is 0.0140. The van der Waals surface area contributed by atoms with Gasteiger partial charge in [0.2, 0.25) is 5.91 Å². The van der Waals surface area contributed by atoms with Gasteiger partial charge in [0.1, 0.15) is 11.8 Å². The predicted octanol–water partition coefficient (Wildman–Crippen LogP) is 2.77. The molecule has 0 bridgehead atoms. The smallest absolute Gasteiger partial charge is 0.251 e. The van der Waals surface area contributed by atoms with E-state index in [1.165, 1.54) is 5.56 Å². The van der Waals surface area contributed by atoms with E-state index in [4.69, 9.17) is 4.74 Å². The third-order valence-electron chi connectivity index (χ3n) is 6.25. The van der Waals surface area contributed by atoms with Crippen LogP contribution < -0.4 is 15.4 Å². The number of piperazine rings is 1. The van der Waals surface area contributed by atoms with E-state index in [1.54, 1.807) is 31.4 Å². The van der Waals surface area contributed by atoms with Crippen LogP contribution in [0.5, 0.6) is 5.75 Å². The van der Waals surface area contributed by atoms with Crippen molar-refractivity contribution in [2.45, 2.75) is 32.9 Å². The number of carbonyl (C=O) groups excluding carboxylic acids is 2. The fourth-order valence-corrected chi connectivity index (χ4v) is 4.14. The van der Waals surface area contributed by atoms with Gasteiger partial charge in [0.05, 0.1) is 7.11 Å². The topological polar surface area (TPSA) is 73.9 Å². The lowest BCUT2D eigenvalue weighted by atomic mass is 10.0. The van der Waals surface area contributed by atoms with Gasteiger partial charge in [-0.1, -0.05) is 44.2 Å². The summed E-state index contributed by atoms with van der Waals surface area (Å²) in [7, 11) is 1.58. The highest BCUT2D eigenvalue weighted by atomic mass is 16.5. The number of carbonyl (C=O) groups is 2. The highest BCUT2D eigenvalue weighted by Gasteiger charge is 2.24. The normalized spacial score (nSPS) is 15.6. The number of hydrogen-bond acceptors (Lipinski definition) is 5. The van der Waals surface area contributed by atoms with Crippen LogP contribution in [0.4, 0.5) is 0 Å². The Kier molecular flexibility index (Phi) is 9.91. The molecular formula is C27H38N4O3. The van der Waals surface area contributed by atoms with Crippen LogP contribution in [0.3, 0.4) is 0 Å². The molecule has 0 saturated carbocycles. The minimum Gasteiger partial charge on any atom is -0.497 e. The highest BCUT2D eigenvalue weighted by molar-refractivity contribution is 5.97. The summed E-state index contributed by atoms with van der Waals surface area (Å²) in [6, 6.07) is 16.9. The summed E-state index contributed by atoms with van der Waals surface area (Å²) in [6.07, 6.45) is 0.891. The highest BCUT2D eigenvalue weighted by Crippen LogP contribution is 2.12. The van der Waals surface area contributed by atoms with Crippen molar-refractivity contribution >= 4 is 11.8 Å². The predicted molar refractivity (Wildman–Crippen MR) is 135 cm³/mol. The number of hydrogen-bond donors (Lipinski definition) is 2. The summed E-state index contributed by atoms with van der Waals surface area (Å²) in [4.78, 5) is 30.3. The lowest BCUT2D eigenvalue weighted by molar-refractivity contribution is -0.123. The summed E-state index contributed by atoms with van der Waals surface area (Å²) in [5.74, 6) is 0.279. The molecule has 0 aromatic heterocycles. The molecular weight excluding hydrogens is 428 g/mol. The molecule has 1 aliphatic rings. The van der Waals surface area contributed by atoms with Crippen LogP contribution >= 0.6 is 0 Å². The number of rotatable bonds is 11. The van der Waals surface area contributed by atoms with Crippen LogP contribution in [0.1, 0.15) is 36.2 Å². The van der Waals surface area contributed by atoms with Gasteiger partial charge >= 0.3 is 0 Å². The van der Waals surface area contributed by atoms with Gasteiger partial charge in [-0.3, -0.25) is 14.5 Å². The van der Waals surface area contributed by atoms with Gasteiger partial charge in [-0.15, -0.1) is 0 Å². The minimum atomic E-state index is -0.573. The Balaban J connectivity index is 1.36. The Hall–Kier alpha value is -2.90. The molecule has 2 aromatic carbocycles. The first kappa shape index (κ1) is 25.7. The summed E-state index contributed by atoms with van der Waals surface area (Å²) in [5.41, 5.74) is 1.86. The average Bonchev–Trinajstić information content (AvgIpc) is 2.86. The average molecular weight is 467 g/mol. The van der Waals surface area contributed by atoms with Gasteiger partial charge in [-0.05, 0) is 48.7 Å². The van der Waals surface area contributed by atoms with E-state index in [-0.39, 0.29) is 17.7 Å². The first-order chi connectivity index (χ1) is 16.5. The zero-order valence-corrected chi connectivity index (χ0v) is 20.6. The number of amides is 2. The van der Waals surface area contributed by atoms with Crippen LogP contribution in [0.25, 0.3) is 0 Å². The third-order valence-corrected chi connectivity index (χ3v) is 6.25. The molecule has 7 nitrogen and oxygen atoms in total. The first-order valence-corrected chi connectivity index (χ1v) is 12.2. The molecule has 0 radical (unpaired) electrons. The monoisotopic (exact) mass is 466 g/mol. The first-order valence-electron chi connectivity index (χ1n) is 12.2. The zero-order chi connectivity index (χ0) is 24.3. The fourth-order valence-electron chi connectivity index (χ4n) is 4.14. The van der Waals surface area contributed by atoms with Gasteiger partial charge in [-0.25, -0.2) is 0 Å². The van der Waals surface area contributed by atoms with Crippen molar-refractivity contribution in [3.63, 3.8) is 0 Å². The van der Waals surface area contributed by atoms with E-state index in [9.17, 15) is 9.59 Å². The molecule has 2 aromatic rings. The molecule has 2 amide bonds. The lowest BCUT2D eigenvalue weighted by Crippen LogP contribution is -2.50. The van der Waals surface area contributed by atoms with Gasteiger partial charge in [0, 0.05) is 44.8 Å². The molecule has 1 aliphatic heterocycles. The summed E-state index contributed by atoms with van der Waals surface area (Å²) in [5, 5.41) is 5.89. The molecule has 184 valence electrons. The number of benzene rings is 2. The quantitative estimate of drug-likeness (QED) is 0.498. The maximum Gasteiger partial charge on any atom is 0.251 e. The van der Waals surface area contributed by atoms with Crippen molar-refractivity contribution in [2.75, 3.05) is 46.4 Å². The second-order valence-corrected chi connectivity index (χ2v) is 9.17. The van der Waals surface area contributed by atoms with Crippen LogP contribution in [0.15, 0.2) is 54.6 Å². The number of methoxy groups -OCH3 is 1. The number of nitrogens with zero attached hydrogens (tertiary/aromatic N) is 2. The molecule has 1 fully saturated rings. The standard InChI is InChI=1S/C27H38N4O3/c1-21(2)25(29-26(32)23-10-12-24(34-3)13-11-23)27(33)28-14-7-15-30-16-18-31(19-17-30)20-22-8-5-4-6-9-22/h4-6,8-13,21,25H,7,14-20H2,1-3H3,(H,28,33)(H,29,32).